The molecule has 1 fully saturated rings. The fourth-order valence-corrected chi connectivity index (χ4v) is 2.16. The summed E-state index contributed by atoms with van der Waals surface area (Å²) in [6.45, 7) is 5.98. The number of nitrogens with zero attached hydrogens (tertiary/aromatic N) is 1. The Kier molecular flexibility index (Phi) is 3.93. The number of hydrogen-bond donors (Lipinski definition) is 2. The zero-order chi connectivity index (χ0) is 11.4. The van der Waals surface area contributed by atoms with Gasteiger partial charge in [-0.3, -0.25) is 4.90 Å². The maximum absolute atomic E-state index is 10.1. The second-order valence-corrected chi connectivity index (χ2v) is 4.47. The first-order chi connectivity index (χ1) is 7.77. The summed E-state index contributed by atoms with van der Waals surface area (Å²) in [6, 6.07) is 10.4. The van der Waals surface area contributed by atoms with Gasteiger partial charge in [0.25, 0.3) is 0 Å². The first-order valence-electron chi connectivity index (χ1n) is 5.95. The van der Waals surface area contributed by atoms with Gasteiger partial charge in [0.2, 0.25) is 0 Å². The standard InChI is InChI=1S/C13H20N2O/c1-11-9-14-7-8-15(11)10-13(16)12-5-3-2-4-6-12/h2-6,11,13-14,16H,7-10H2,1H3. The Morgan fingerprint density at radius 2 is 2.19 bits per heavy atom. The Morgan fingerprint density at radius 1 is 1.44 bits per heavy atom. The largest absolute Gasteiger partial charge is 0.387 e. The molecule has 2 N–H and O–H groups in total. The second kappa shape index (κ2) is 5.43. The van der Waals surface area contributed by atoms with Crippen LogP contribution in [0.25, 0.3) is 0 Å². The number of benzene rings is 1. The second-order valence-electron chi connectivity index (χ2n) is 4.47. The van der Waals surface area contributed by atoms with Crippen LogP contribution in [0.4, 0.5) is 0 Å². The molecule has 3 heteroatoms. The van der Waals surface area contributed by atoms with E-state index in [2.05, 4.69) is 17.1 Å². The van der Waals surface area contributed by atoms with E-state index in [4.69, 9.17) is 0 Å². The Labute approximate surface area is 97.1 Å². The summed E-state index contributed by atoms with van der Waals surface area (Å²) < 4.78 is 0. The molecule has 1 aliphatic heterocycles. The van der Waals surface area contributed by atoms with Crippen molar-refractivity contribution in [1.82, 2.24) is 10.2 Å². The number of hydrogen-bond acceptors (Lipinski definition) is 3. The van der Waals surface area contributed by atoms with Gasteiger partial charge in [0.05, 0.1) is 6.10 Å². The Balaban J connectivity index is 1.94. The lowest BCUT2D eigenvalue weighted by molar-refractivity contribution is 0.0793. The number of aliphatic hydroxyl groups is 1. The predicted octanol–water partition coefficient (Wildman–Crippen LogP) is 1.01. The average Bonchev–Trinajstić information content (AvgIpc) is 2.33. The Hall–Kier alpha value is -0.900. The van der Waals surface area contributed by atoms with Crippen LogP contribution in [0.5, 0.6) is 0 Å². The highest BCUT2D eigenvalue weighted by molar-refractivity contribution is 5.17. The van der Waals surface area contributed by atoms with Crippen molar-refractivity contribution in [3.63, 3.8) is 0 Å². The fourth-order valence-electron chi connectivity index (χ4n) is 2.16. The van der Waals surface area contributed by atoms with Crippen LogP contribution in [-0.4, -0.2) is 42.2 Å². The quantitative estimate of drug-likeness (QED) is 0.798. The van der Waals surface area contributed by atoms with E-state index in [9.17, 15) is 5.11 Å². The van der Waals surface area contributed by atoms with Crippen LogP contribution in [-0.2, 0) is 0 Å². The molecule has 1 heterocycles. The van der Waals surface area contributed by atoms with Crippen molar-refractivity contribution in [1.29, 1.82) is 0 Å². The van der Waals surface area contributed by atoms with Gasteiger partial charge < -0.3 is 10.4 Å². The highest BCUT2D eigenvalue weighted by Gasteiger charge is 2.20. The van der Waals surface area contributed by atoms with Gasteiger partial charge in [-0.15, -0.1) is 0 Å². The van der Waals surface area contributed by atoms with E-state index in [-0.39, 0.29) is 6.10 Å². The van der Waals surface area contributed by atoms with Crippen LogP contribution in [0.3, 0.4) is 0 Å². The molecule has 2 atom stereocenters. The normalized spacial score (nSPS) is 24.2. The van der Waals surface area contributed by atoms with E-state index in [1.54, 1.807) is 0 Å². The smallest absolute Gasteiger partial charge is 0.0917 e. The van der Waals surface area contributed by atoms with Gasteiger partial charge in [0.1, 0.15) is 0 Å². The zero-order valence-corrected chi connectivity index (χ0v) is 9.76. The molecule has 0 amide bonds. The molecular formula is C13H20N2O. The van der Waals surface area contributed by atoms with Crippen molar-refractivity contribution in [2.24, 2.45) is 0 Å². The van der Waals surface area contributed by atoms with Gasteiger partial charge in [-0.25, -0.2) is 0 Å². The summed E-state index contributed by atoms with van der Waals surface area (Å²) in [5.41, 5.74) is 1.01. The van der Waals surface area contributed by atoms with Crippen LogP contribution in [0.2, 0.25) is 0 Å². The molecule has 88 valence electrons. The van der Waals surface area contributed by atoms with Gasteiger partial charge in [-0.1, -0.05) is 30.3 Å². The Bertz CT molecular complexity index is 315. The lowest BCUT2D eigenvalue weighted by Gasteiger charge is -2.35. The van der Waals surface area contributed by atoms with Crippen molar-refractivity contribution in [2.45, 2.75) is 19.1 Å². The van der Waals surface area contributed by atoms with E-state index < -0.39 is 0 Å². The molecule has 1 saturated heterocycles. The molecule has 0 spiro atoms. The summed E-state index contributed by atoms with van der Waals surface area (Å²) >= 11 is 0. The lowest BCUT2D eigenvalue weighted by atomic mass is 10.1. The molecule has 0 aromatic heterocycles. The molecule has 0 bridgehead atoms. The number of piperazine rings is 1. The predicted molar refractivity (Wildman–Crippen MR) is 65.3 cm³/mol. The molecule has 2 rings (SSSR count). The molecular weight excluding hydrogens is 200 g/mol. The summed E-state index contributed by atoms with van der Waals surface area (Å²) in [5, 5.41) is 13.5. The average molecular weight is 220 g/mol. The first-order valence-corrected chi connectivity index (χ1v) is 5.95. The summed E-state index contributed by atoms with van der Waals surface area (Å²) in [6.07, 6.45) is -0.373. The van der Waals surface area contributed by atoms with Crippen LogP contribution >= 0.6 is 0 Å². The van der Waals surface area contributed by atoms with Gasteiger partial charge >= 0.3 is 0 Å². The Morgan fingerprint density at radius 3 is 2.88 bits per heavy atom. The van der Waals surface area contributed by atoms with E-state index in [1.165, 1.54) is 0 Å². The van der Waals surface area contributed by atoms with Crippen molar-refractivity contribution >= 4 is 0 Å². The molecule has 1 aliphatic rings. The summed E-state index contributed by atoms with van der Waals surface area (Å²) in [7, 11) is 0. The monoisotopic (exact) mass is 220 g/mol. The lowest BCUT2D eigenvalue weighted by Crippen LogP contribution is -2.50. The SMILES string of the molecule is CC1CNCCN1CC(O)c1ccccc1. The topological polar surface area (TPSA) is 35.5 Å². The fraction of sp³-hybridized carbons (Fsp3) is 0.538. The van der Waals surface area contributed by atoms with E-state index >= 15 is 0 Å². The van der Waals surface area contributed by atoms with Crippen molar-refractivity contribution in [3.8, 4) is 0 Å². The minimum Gasteiger partial charge on any atom is -0.387 e. The molecule has 1 aromatic carbocycles. The number of rotatable bonds is 3. The third kappa shape index (κ3) is 2.82. The van der Waals surface area contributed by atoms with Crippen LogP contribution in [0.1, 0.15) is 18.6 Å². The van der Waals surface area contributed by atoms with Crippen molar-refractivity contribution < 1.29 is 5.11 Å². The summed E-state index contributed by atoms with van der Waals surface area (Å²) in [5.74, 6) is 0. The minimum atomic E-state index is -0.373. The van der Waals surface area contributed by atoms with E-state index in [1.807, 2.05) is 30.3 Å². The van der Waals surface area contributed by atoms with Crippen LogP contribution in [0, 0.1) is 0 Å². The van der Waals surface area contributed by atoms with Gasteiger partial charge in [0, 0.05) is 32.2 Å². The van der Waals surface area contributed by atoms with Gasteiger partial charge in [-0.2, -0.15) is 0 Å². The maximum atomic E-state index is 10.1. The molecule has 2 unspecified atom stereocenters. The van der Waals surface area contributed by atoms with Crippen LogP contribution < -0.4 is 5.32 Å². The van der Waals surface area contributed by atoms with Crippen LogP contribution in [0.15, 0.2) is 30.3 Å². The first kappa shape index (κ1) is 11.6. The number of nitrogens with one attached hydrogen (secondary N) is 1. The molecule has 3 nitrogen and oxygen atoms in total. The third-order valence-electron chi connectivity index (χ3n) is 3.23. The van der Waals surface area contributed by atoms with Gasteiger partial charge in [0.15, 0.2) is 0 Å². The minimum absolute atomic E-state index is 0.373. The van der Waals surface area contributed by atoms with Crippen molar-refractivity contribution in [3.05, 3.63) is 35.9 Å². The molecule has 1 aromatic rings. The zero-order valence-electron chi connectivity index (χ0n) is 9.76. The highest BCUT2D eigenvalue weighted by Crippen LogP contribution is 2.15. The molecule has 0 saturated carbocycles. The maximum Gasteiger partial charge on any atom is 0.0917 e. The number of β-amino-alcohol motifs (C(OH)–C–C–N with tert-alkyl or cyclic N) is 1. The summed E-state index contributed by atoms with van der Waals surface area (Å²) in [4.78, 5) is 2.34. The molecule has 0 radical (unpaired) electrons. The molecule has 16 heavy (non-hydrogen) atoms. The van der Waals surface area contributed by atoms with E-state index in [0.29, 0.717) is 6.04 Å². The van der Waals surface area contributed by atoms with Crippen molar-refractivity contribution in [2.75, 3.05) is 26.2 Å². The highest BCUT2D eigenvalue weighted by atomic mass is 16.3. The van der Waals surface area contributed by atoms with E-state index in [0.717, 1.165) is 31.7 Å². The van der Waals surface area contributed by atoms with Gasteiger partial charge in [-0.05, 0) is 12.5 Å². The number of aliphatic hydroxyl groups excluding tert-OH is 1. The third-order valence-corrected chi connectivity index (χ3v) is 3.23. The molecule has 0 aliphatic carbocycles.